The van der Waals surface area contributed by atoms with Crippen LogP contribution in [0.25, 0.3) is 6.08 Å². The van der Waals surface area contributed by atoms with Crippen molar-refractivity contribution in [2.24, 2.45) is 0 Å². The fraction of sp³-hybridized carbons (Fsp3) is 0. The van der Waals surface area contributed by atoms with Gasteiger partial charge in [0.05, 0.1) is 5.69 Å². The summed E-state index contributed by atoms with van der Waals surface area (Å²) in [5.41, 5.74) is 0.0720. The van der Waals surface area contributed by atoms with Crippen LogP contribution in [0.15, 0.2) is 46.4 Å². The van der Waals surface area contributed by atoms with E-state index >= 15 is 0 Å². The number of rotatable bonds is 2. The van der Waals surface area contributed by atoms with Crippen LogP contribution in [-0.4, -0.2) is 17.8 Å². The van der Waals surface area contributed by atoms with E-state index in [0.29, 0.717) is 14.5 Å². The maximum atomic E-state index is 12.6. The van der Waals surface area contributed by atoms with E-state index in [0.717, 1.165) is 4.90 Å². The third kappa shape index (κ3) is 3.15. The molecule has 0 saturated carbocycles. The molecule has 1 aliphatic heterocycles. The Labute approximate surface area is 149 Å². The number of carbonyl (C=O) groups is 3. The van der Waals surface area contributed by atoms with Crippen molar-refractivity contribution < 1.29 is 18.8 Å². The molecular formula is C15H8ClIN2O4. The second kappa shape index (κ2) is 6.17. The van der Waals surface area contributed by atoms with E-state index in [1.165, 1.54) is 12.1 Å². The Bertz CT molecular complexity index is 859. The third-order valence-corrected chi connectivity index (χ3v) is 3.86. The number of nitrogens with zero attached hydrogens (tertiary/aromatic N) is 1. The Morgan fingerprint density at radius 2 is 1.96 bits per heavy atom. The van der Waals surface area contributed by atoms with Crippen molar-refractivity contribution in [2.75, 3.05) is 4.90 Å². The molecule has 8 heteroatoms. The van der Waals surface area contributed by atoms with Gasteiger partial charge in [-0.05, 0) is 59.0 Å². The molecule has 23 heavy (non-hydrogen) atoms. The largest absolute Gasteiger partial charge is 0.451 e. The molecule has 2 aromatic rings. The summed E-state index contributed by atoms with van der Waals surface area (Å²) in [4.78, 5) is 37.4. The lowest BCUT2D eigenvalue weighted by atomic mass is 10.1. The number of halogens is 2. The highest BCUT2D eigenvalue weighted by Crippen LogP contribution is 2.24. The predicted octanol–water partition coefficient (Wildman–Crippen LogP) is 3.20. The number of urea groups is 1. The first-order chi connectivity index (χ1) is 11.0. The SMILES string of the molecule is O=C1NC(=O)N(c2cccc(Cl)c2)C(=O)/C1=C/c1ccc(I)o1. The molecule has 4 amide bonds. The molecule has 0 bridgehead atoms. The summed E-state index contributed by atoms with van der Waals surface area (Å²) in [5.74, 6) is -1.18. The number of hydrogen-bond acceptors (Lipinski definition) is 4. The number of amides is 4. The van der Waals surface area contributed by atoms with Crippen LogP contribution < -0.4 is 10.2 Å². The number of carbonyl (C=O) groups excluding carboxylic acids is 3. The summed E-state index contributed by atoms with van der Waals surface area (Å²) < 4.78 is 5.94. The smallest absolute Gasteiger partial charge is 0.335 e. The van der Waals surface area contributed by atoms with Gasteiger partial charge in [0.1, 0.15) is 11.3 Å². The first-order valence-corrected chi connectivity index (χ1v) is 7.84. The lowest BCUT2D eigenvalue weighted by Gasteiger charge is -2.26. The minimum absolute atomic E-state index is 0.199. The number of imide groups is 2. The van der Waals surface area contributed by atoms with Crippen LogP contribution in [0, 0.1) is 3.77 Å². The Balaban J connectivity index is 2.02. The topological polar surface area (TPSA) is 79.6 Å². The highest BCUT2D eigenvalue weighted by molar-refractivity contribution is 14.1. The van der Waals surface area contributed by atoms with Gasteiger partial charge in [-0.15, -0.1) is 0 Å². The van der Waals surface area contributed by atoms with E-state index in [1.54, 1.807) is 30.3 Å². The first kappa shape index (κ1) is 15.8. The number of barbiturate groups is 1. The van der Waals surface area contributed by atoms with Crippen molar-refractivity contribution in [1.82, 2.24) is 5.32 Å². The van der Waals surface area contributed by atoms with E-state index in [9.17, 15) is 14.4 Å². The fourth-order valence-corrected chi connectivity index (χ4v) is 2.67. The first-order valence-electron chi connectivity index (χ1n) is 6.38. The van der Waals surface area contributed by atoms with Crippen LogP contribution in [0.5, 0.6) is 0 Å². The minimum atomic E-state index is -0.826. The zero-order valence-corrected chi connectivity index (χ0v) is 14.3. The molecule has 0 atom stereocenters. The average molecular weight is 443 g/mol. The van der Waals surface area contributed by atoms with Gasteiger partial charge >= 0.3 is 6.03 Å². The van der Waals surface area contributed by atoms with Crippen molar-refractivity contribution in [2.45, 2.75) is 0 Å². The molecule has 1 fully saturated rings. The van der Waals surface area contributed by atoms with Gasteiger partial charge in [-0.3, -0.25) is 14.9 Å². The van der Waals surface area contributed by atoms with Gasteiger partial charge in [-0.2, -0.15) is 0 Å². The van der Waals surface area contributed by atoms with Gasteiger partial charge in [0.25, 0.3) is 11.8 Å². The standard InChI is InChI=1S/C15H8ClIN2O4/c16-8-2-1-3-9(6-8)19-14(21)11(13(20)18-15(19)22)7-10-4-5-12(17)23-10/h1-7H,(H,18,20,22)/b11-7+. The Hall–Kier alpha value is -2.13. The molecule has 1 aromatic carbocycles. The summed E-state index contributed by atoms with van der Waals surface area (Å²) in [6.07, 6.45) is 1.30. The molecule has 2 heterocycles. The molecule has 3 rings (SSSR count). The molecular weight excluding hydrogens is 435 g/mol. The van der Waals surface area contributed by atoms with Crippen LogP contribution >= 0.6 is 34.2 Å². The van der Waals surface area contributed by atoms with Crippen LogP contribution in [0.1, 0.15) is 5.76 Å². The van der Waals surface area contributed by atoms with Gasteiger partial charge in [0.15, 0.2) is 3.77 Å². The van der Waals surface area contributed by atoms with Gasteiger partial charge < -0.3 is 4.42 Å². The second-order valence-corrected chi connectivity index (χ2v) is 6.08. The monoisotopic (exact) mass is 442 g/mol. The number of hydrogen-bond donors (Lipinski definition) is 1. The van der Waals surface area contributed by atoms with Crippen molar-refractivity contribution >= 4 is 63.8 Å². The number of nitrogens with one attached hydrogen (secondary N) is 1. The lowest BCUT2D eigenvalue weighted by Crippen LogP contribution is -2.54. The normalized spacial score (nSPS) is 16.9. The summed E-state index contributed by atoms with van der Waals surface area (Å²) >= 11 is 7.86. The number of anilines is 1. The third-order valence-electron chi connectivity index (χ3n) is 3.05. The number of furan rings is 1. The Morgan fingerprint density at radius 1 is 1.17 bits per heavy atom. The van der Waals surface area contributed by atoms with Crippen molar-refractivity contribution in [3.8, 4) is 0 Å². The van der Waals surface area contributed by atoms with Crippen molar-refractivity contribution in [3.63, 3.8) is 0 Å². The molecule has 0 aliphatic carbocycles. The lowest BCUT2D eigenvalue weighted by molar-refractivity contribution is -0.122. The average Bonchev–Trinajstić information content (AvgIpc) is 2.89. The molecule has 0 unspecified atom stereocenters. The summed E-state index contributed by atoms with van der Waals surface area (Å²) in [6, 6.07) is 8.72. The van der Waals surface area contributed by atoms with Gasteiger partial charge in [0.2, 0.25) is 0 Å². The molecule has 1 aromatic heterocycles. The van der Waals surface area contributed by atoms with Gasteiger partial charge in [-0.25, -0.2) is 9.69 Å². The highest BCUT2D eigenvalue weighted by atomic mass is 127. The van der Waals surface area contributed by atoms with Crippen molar-refractivity contribution in [1.29, 1.82) is 0 Å². The van der Waals surface area contributed by atoms with Crippen LogP contribution in [0.2, 0.25) is 5.02 Å². The molecule has 0 radical (unpaired) electrons. The predicted molar refractivity (Wildman–Crippen MR) is 91.9 cm³/mol. The van der Waals surface area contributed by atoms with Crippen LogP contribution in [-0.2, 0) is 9.59 Å². The van der Waals surface area contributed by atoms with E-state index in [2.05, 4.69) is 5.32 Å². The molecule has 116 valence electrons. The summed E-state index contributed by atoms with van der Waals surface area (Å²) in [6.45, 7) is 0. The quantitative estimate of drug-likeness (QED) is 0.440. The highest BCUT2D eigenvalue weighted by Gasteiger charge is 2.37. The molecule has 6 nitrogen and oxygen atoms in total. The minimum Gasteiger partial charge on any atom is -0.451 e. The van der Waals surface area contributed by atoms with Gasteiger partial charge in [0, 0.05) is 5.02 Å². The molecule has 0 spiro atoms. The van der Waals surface area contributed by atoms with Crippen LogP contribution in [0.4, 0.5) is 10.5 Å². The van der Waals surface area contributed by atoms with Crippen molar-refractivity contribution in [3.05, 3.63) is 56.5 Å². The fourth-order valence-electron chi connectivity index (χ4n) is 2.06. The molecule has 1 aliphatic rings. The number of benzene rings is 1. The Kier molecular flexibility index (Phi) is 4.22. The molecule has 1 N–H and O–H groups in total. The van der Waals surface area contributed by atoms with E-state index < -0.39 is 17.8 Å². The maximum Gasteiger partial charge on any atom is 0.335 e. The van der Waals surface area contributed by atoms with E-state index in [-0.39, 0.29) is 11.3 Å². The van der Waals surface area contributed by atoms with Gasteiger partial charge in [-0.1, -0.05) is 17.7 Å². The van der Waals surface area contributed by atoms with Crippen LogP contribution in [0.3, 0.4) is 0 Å². The van der Waals surface area contributed by atoms with E-state index in [1.807, 2.05) is 22.6 Å². The summed E-state index contributed by atoms with van der Waals surface area (Å²) in [7, 11) is 0. The summed E-state index contributed by atoms with van der Waals surface area (Å²) in [5, 5.41) is 2.49. The Morgan fingerprint density at radius 3 is 2.61 bits per heavy atom. The zero-order valence-electron chi connectivity index (χ0n) is 11.4. The second-order valence-electron chi connectivity index (χ2n) is 4.58. The van der Waals surface area contributed by atoms with E-state index in [4.69, 9.17) is 16.0 Å². The molecule has 1 saturated heterocycles. The zero-order chi connectivity index (χ0) is 16.6. The maximum absolute atomic E-state index is 12.6.